The lowest BCUT2D eigenvalue weighted by Gasteiger charge is -2.38. The molecule has 3 heterocycles. The van der Waals surface area contributed by atoms with Crippen molar-refractivity contribution in [3.8, 4) is 0 Å². The van der Waals surface area contributed by atoms with E-state index in [0.29, 0.717) is 30.6 Å². The third kappa shape index (κ3) is 5.09. The van der Waals surface area contributed by atoms with Crippen LogP contribution in [0.4, 0.5) is 18.9 Å². The number of piperazine rings is 1. The van der Waals surface area contributed by atoms with Crippen molar-refractivity contribution in [2.45, 2.75) is 55.6 Å². The summed E-state index contributed by atoms with van der Waals surface area (Å²) in [5.74, 6) is -0.0634. The van der Waals surface area contributed by atoms with Gasteiger partial charge in [-0.2, -0.15) is 0 Å². The van der Waals surface area contributed by atoms with Gasteiger partial charge in [-0.1, -0.05) is 0 Å². The molecule has 1 aliphatic carbocycles. The maximum Gasteiger partial charge on any atom is 0.285 e. The minimum absolute atomic E-state index is 0.0634. The topological polar surface area (TPSA) is 126 Å². The molecule has 1 saturated heterocycles. The zero-order valence-electron chi connectivity index (χ0n) is 18.6. The lowest BCUT2D eigenvalue weighted by atomic mass is 10.1. The van der Waals surface area contributed by atoms with Crippen LogP contribution in [0.15, 0.2) is 23.4 Å². The van der Waals surface area contributed by atoms with Gasteiger partial charge >= 0.3 is 0 Å². The van der Waals surface area contributed by atoms with Crippen LogP contribution in [0.2, 0.25) is 0 Å². The fraction of sp³-hybridized carbons (Fsp3) is 0.550. The van der Waals surface area contributed by atoms with Gasteiger partial charge in [-0.25, -0.2) is 31.3 Å². The molecule has 14 heteroatoms. The second kappa shape index (κ2) is 9.13. The molecule has 4 rings (SSSR count). The van der Waals surface area contributed by atoms with Crippen LogP contribution in [-0.2, 0) is 10.0 Å². The van der Waals surface area contributed by atoms with E-state index in [1.165, 1.54) is 22.9 Å². The van der Waals surface area contributed by atoms with Crippen LogP contribution in [0.1, 0.15) is 32.5 Å². The number of alkyl halides is 3. The first-order valence-corrected chi connectivity index (χ1v) is 13.0. The number of hydrogen-bond donors (Lipinski definition) is 4. The fourth-order valence-corrected chi connectivity index (χ4v) is 6.00. The molecule has 0 bridgehead atoms. The Balaban J connectivity index is 1.82. The average Bonchev–Trinajstić information content (AvgIpc) is 3.31. The van der Waals surface area contributed by atoms with Crippen LogP contribution < -0.4 is 14.9 Å². The Bertz CT molecular complexity index is 1230. The number of thioether (sulfide) groups is 1. The van der Waals surface area contributed by atoms with Crippen LogP contribution in [0.5, 0.6) is 0 Å². The molecule has 9 nitrogen and oxygen atoms in total. The highest BCUT2D eigenvalue weighted by atomic mass is 32.2. The van der Waals surface area contributed by atoms with E-state index in [2.05, 4.69) is 15.0 Å². The molecule has 0 amide bonds. The number of nitrogens with zero attached hydrogens (tertiary/aromatic N) is 3. The van der Waals surface area contributed by atoms with Crippen LogP contribution in [0, 0.1) is 10.8 Å². The van der Waals surface area contributed by atoms with E-state index in [1.54, 1.807) is 6.92 Å². The van der Waals surface area contributed by atoms with Crippen molar-refractivity contribution >= 4 is 43.1 Å². The van der Waals surface area contributed by atoms with Crippen molar-refractivity contribution < 1.29 is 21.6 Å². The minimum Gasteiger partial charge on any atom is -0.367 e. The first kappa shape index (κ1) is 24.9. The van der Waals surface area contributed by atoms with E-state index in [0.717, 1.165) is 0 Å². The summed E-state index contributed by atoms with van der Waals surface area (Å²) in [6.45, 7) is 3.86. The summed E-state index contributed by atoms with van der Waals surface area (Å²) in [6.07, 6.45) is 1.11. The Kier molecular flexibility index (Phi) is 6.70. The summed E-state index contributed by atoms with van der Waals surface area (Å²) in [6, 6.07) is 0.983. The minimum atomic E-state index is -3.95. The Morgan fingerprint density at radius 2 is 2.09 bits per heavy atom. The van der Waals surface area contributed by atoms with Crippen molar-refractivity contribution in [1.29, 1.82) is 10.8 Å². The van der Waals surface area contributed by atoms with E-state index in [1.807, 2.05) is 11.8 Å². The van der Waals surface area contributed by atoms with Crippen molar-refractivity contribution in [3.63, 3.8) is 0 Å². The maximum absolute atomic E-state index is 13.5. The number of rotatable bonds is 7. The number of hydrogen-bond acceptors (Lipinski definition) is 8. The summed E-state index contributed by atoms with van der Waals surface area (Å²) in [7, 11) is -3.95. The Hall–Kier alpha value is -2.16. The Morgan fingerprint density at radius 3 is 2.71 bits per heavy atom. The molecule has 1 aliphatic heterocycles. The van der Waals surface area contributed by atoms with Crippen LogP contribution in [0.3, 0.4) is 0 Å². The summed E-state index contributed by atoms with van der Waals surface area (Å²) in [5.41, 5.74) is 0.409. The lowest BCUT2D eigenvalue weighted by Crippen LogP contribution is -2.56. The van der Waals surface area contributed by atoms with E-state index in [9.17, 15) is 21.6 Å². The van der Waals surface area contributed by atoms with E-state index in [4.69, 9.17) is 10.8 Å². The predicted octanol–water partition coefficient (Wildman–Crippen LogP) is 2.60. The molecular formula is C20H26F3N7O2S2. The number of imidazole rings is 1. The fourth-order valence-electron chi connectivity index (χ4n) is 3.96. The second-order valence-corrected chi connectivity index (χ2v) is 11.7. The smallest absolute Gasteiger partial charge is 0.285 e. The van der Waals surface area contributed by atoms with Crippen molar-refractivity contribution in [2.75, 3.05) is 24.7 Å². The van der Waals surface area contributed by atoms with Gasteiger partial charge < -0.3 is 10.2 Å². The monoisotopic (exact) mass is 517 g/mol. The van der Waals surface area contributed by atoms with E-state index < -0.39 is 44.8 Å². The van der Waals surface area contributed by atoms with Gasteiger partial charge in [0.25, 0.3) is 6.43 Å². The maximum atomic E-state index is 13.5. The number of fused-ring (bicyclic) bond motifs is 1. The average molecular weight is 518 g/mol. The highest BCUT2D eigenvalue weighted by Crippen LogP contribution is 2.37. The van der Waals surface area contributed by atoms with Gasteiger partial charge in [-0.15, -0.1) is 0 Å². The molecule has 4 N–H and O–H groups in total. The highest BCUT2D eigenvalue weighted by Gasteiger charge is 2.41. The molecule has 2 aromatic heterocycles. The van der Waals surface area contributed by atoms with Gasteiger partial charge in [-0.05, 0) is 44.5 Å². The molecule has 2 aliphatic rings. The van der Waals surface area contributed by atoms with E-state index in [-0.39, 0.29) is 35.1 Å². The number of aromatic nitrogens is 2. The molecule has 0 radical (unpaired) electrons. The van der Waals surface area contributed by atoms with Gasteiger partial charge in [0.1, 0.15) is 21.7 Å². The normalized spacial score (nSPS) is 22.4. The Labute approximate surface area is 199 Å². The Morgan fingerprint density at radius 1 is 1.38 bits per heavy atom. The van der Waals surface area contributed by atoms with Gasteiger partial charge in [0.2, 0.25) is 10.0 Å². The largest absolute Gasteiger partial charge is 0.367 e. The molecule has 186 valence electrons. The first-order valence-electron chi connectivity index (χ1n) is 10.7. The third-order valence-electron chi connectivity index (χ3n) is 5.88. The van der Waals surface area contributed by atoms with Crippen LogP contribution in [0.25, 0.3) is 5.52 Å². The molecule has 2 atom stereocenters. The number of halogens is 3. The molecule has 0 unspecified atom stereocenters. The molecule has 0 aromatic carbocycles. The van der Waals surface area contributed by atoms with E-state index >= 15 is 0 Å². The van der Waals surface area contributed by atoms with Crippen molar-refractivity contribution in [2.24, 2.45) is 0 Å². The van der Waals surface area contributed by atoms with Crippen molar-refractivity contribution in [3.05, 3.63) is 24.3 Å². The highest BCUT2D eigenvalue weighted by molar-refractivity contribution is 8.26. The molecule has 0 spiro atoms. The SMILES string of the molecule is C[C@@H]1CN(c2cc(S(=O)(=O)NC3(C)CC3)cn3c(C(=N)SC(=N)C(F)F)ncc23)C[C@@H](CF)N1. The molecular weight excluding hydrogens is 491 g/mol. The quantitative estimate of drug-likeness (QED) is 0.330. The van der Waals surface area contributed by atoms with Crippen molar-refractivity contribution in [1.82, 2.24) is 19.4 Å². The summed E-state index contributed by atoms with van der Waals surface area (Å²) in [4.78, 5) is 5.96. The molecule has 1 saturated carbocycles. The number of pyridine rings is 1. The van der Waals surface area contributed by atoms with Gasteiger partial charge in [-0.3, -0.25) is 15.2 Å². The number of nitrogens with one attached hydrogen (secondary N) is 4. The zero-order valence-corrected chi connectivity index (χ0v) is 20.2. The van der Waals surface area contributed by atoms with Gasteiger partial charge in [0.15, 0.2) is 5.82 Å². The first-order chi connectivity index (χ1) is 15.9. The number of anilines is 1. The molecule has 2 fully saturated rings. The standard InChI is InChI=1S/C20H26F3N7O2S2/c1-11-8-29(9-12(6-21)27-11)14-5-13(34(31,32)28-20(2)3-4-20)10-30-15(14)7-26-19(30)18(25)33-17(24)16(22)23/h5,7,10-12,16,24-25,27-28H,3-4,6,8-9H2,1-2H3/t11-,12-/m1/s1. The summed E-state index contributed by atoms with van der Waals surface area (Å²) in [5, 5.41) is 17.3. The second-order valence-electron chi connectivity index (χ2n) is 8.98. The van der Waals surface area contributed by atoms with Crippen LogP contribution in [-0.4, -0.2) is 71.7 Å². The molecule has 34 heavy (non-hydrogen) atoms. The predicted molar refractivity (Wildman–Crippen MR) is 126 cm³/mol. The summed E-state index contributed by atoms with van der Waals surface area (Å²) >= 11 is 0.254. The lowest BCUT2D eigenvalue weighted by molar-refractivity contribution is 0.228. The zero-order chi connectivity index (χ0) is 24.8. The van der Waals surface area contributed by atoms with Gasteiger partial charge in [0.05, 0.1) is 23.4 Å². The third-order valence-corrected chi connectivity index (χ3v) is 8.27. The van der Waals surface area contributed by atoms with Crippen LogP contribution >= 0.6 is 11.8 Å². The van der Waals surface area contributed by atoms with Gasteiger partial charge in [0, 0.05) is 30.9 Å². The number of sulfonamides is 1. The molecule has 2 aromatic rings. The summed E-state index contributed by atoms with van der Waals surface area (Å²) < 4.78 is 69.6.